The fourth-order valence-electron chi connectivity index (χ4n) is 1.98. The van der Waals surface area contributed by atoms with Crippen molar-refractivity contribution in [2.45, 2.75) is 33.4 Å². The van der Waals surface area contributed by atoms with Crippen LogP contribution in [0.5, 0.6) is 11.5 Å². The molecule has 0 fully saturated rings. The largest absolute Gasteiger partial charge is 0.490 e. The van der Waals surface area contributed by atoms with Gasteiger partial charge in [0, 0.05) is 0 Å². The van der Waals surface area contributed by atoms with E-state index in [1.807, 2.05) is 43.3 Å². The van der Waals surface area contributed by atoms with Crippen LogP contribution in [0.25, 0.3) is 0 Å². The fourth-order valence-corrected chi connectivity index (χ4v) is 1.98. The van der Waals surface area contributed by atoms with Crippen molar-refractivity contribution < 1.29 is 13.9 Å². The Morgan fingerprint density at radius 2 is 1.67 bits per heavy atom. The van der Waals surface area contributed by atoms with Gasteiger partial charge in [0.05, 0.1) is 13.2 Å². The summed E-state index contributed by atoms with van der Waals surface area (Å²) in [6.07, 6.45) is 1.12. The molecular weight excluding hydrogens is 266 g/mol. The molecule has 0 aliphatic carbocycles. The lowest BCUT2D eigenvalue weighted by Gasteiger charge is -2.10. The van der Waals surface area contributed by atoms with Crippen molar-refractivity contribution in [1.82, 2.24) is 5.32 Å². The Balaban J connectivity index is 1.88. The number of nitrogens with one attached hydrogen (secondary N) is 1. The van der Waals surface area contributed by atoms with Gasteiger partial charge in [0.1, 0.15) is 18.1 Å². The zero-order valence-corrected chi connectivity index (χ0v) is 12.7. The van der Waals surface area contributed by atoms with Gasteiger partial charge in [-0.05, 0) is 44.2 Å². The Hall–Kier alpha value is -1.94. The third-order valence-electron chi connectivity index (χ3n) is 2.96. The first-order valence-corrected chi connectivity index (χ1v) is 7.46. The first-order chi connectivity index (χ1) is 10.3. The molecule has 114 valence electrons. The number of rotatable bonds is 9. The standard InChI is InChI=1S/C17H23NO3/c1-3-11-18-12-14-9-10-15(21-14)13-20-17-8-6-5-7-16(17)19-4-2/h5-10,18H,3-4,11-13H2,1-2H3. The van der Waals surface area contributed by atoms with Crippen LogP contribution in [-0.4, -0.2) is 13.2 Å². The SMILES string of the molecule is CCCNCc1ccc(COc2ccccc2OCC)o1. The summed E-state index contributed by atoms with van der Waals surface area (Å²) in [7, 11) is 0. The van der Waals surface area contributed by atoms with E-state index in [1.54, 1.807) is 0 Å². The average Bonchev–Trinajstić information content (AvgIpc) is 2.95. The monoisotopic (exact) mass is 289 g/mol. The molecule has 0 atom stereocenters. The second-order valence-electron chi connectivity index (χ2n) is 4.71. The molecule has 2 rings (SSSR count). The van der Waals surface area contributed by atoms with Crippen LogP contribution in [0.4, 0.5) is 0 Å². The molecule has 2 aromatic rings. The number of para-hydroxylation sites is 2. The second-order valence-corrected chi connectivity index (χ2v) is 4.71. The molecule has 0 spiro atoms. The molecule has 0 aliphatic rings. The second kappa shape index (κ2) is 8.37. The van der Waals surface area contributed by atoms with Crippen molar-refractivity contribution >= 4 is 0 Å². The molecule has 0 saturated heterocycles. The molecule has 0 unspecified atom stereocenters. The topological polar surface area (TPSA) is 43.6 Å². The minimum atomic E-state index is 0.401. The number of benzene rings is 1. The minimum absolute atomic E-state index is 0.401. The van der Waals surface area contributed by atoms with Gasteiger partial charge in [0.25, 0.3) is 0 Å². The van der Waals surface area contributed by atoms with Crippen LogP contribution in [0.1, 0.15) is 31.8 Å². The Kier molecular flexibility index (Phi) is 6.16. The maximum Gasteiger partial charge on any atom is 0.161 e. The summed E-state index contributed by atoms with van der Waals surface area (Å²) in [5.74, 6) is 3.24. The maximum atomic E-state index is 5.78. The molecular formula is C17H23NO3. The summed E-state index contributed by atoms with van der Waals surface area (Å²) in [5, 5.41) is 3.31. The van der Waals surface area contributed by atoms with Gasteiger partial charge in [-0.2, -0.15) is 0 Å². The van der Waals surface area contributed by atoms with Gasteiger partial charge in [0.2, 0.25) is 0 Å². The molecule has 0 radical (unpaired) electrons. The van der Waals surface area contributed by atoms with Crippen LogP contribution < -0.4 is 14.8 Å². The summed E-state index contributed by atoms with van der Waals surface area (Å²) in [4.78, 5) is 0. The Morgan fingerprint density at radius 1 is 0.952 bits per heavy atom. The van der Waals surface area contributed by atoms with Crippen LogP contribution >= 0.6 is 0 Å². The van der Waals surface area contributed by atoms with Gasteiger partial charge in [-0.15, -0.1) is 0 Å². The van der Waals surface area contributed by atoms with E-state index < -0.39 is 0 Å². The number of hydrogen-bond donors (Lipinski definition) is 1. The highest BCUT2D eigenvalue weighted by molar-refractivity contribution is 5.39. The molecule has 0 saturated carbocycles. The zero-order chi connectivity index (χ0) is 14.9. The predicted octanol–water partition coefficient (Wildman–Crippen LogP) is 3.76. The molecule has 4 nitrogen and oxygen atoms in total. The zero-order valence-electron chi connectivity index (χ0n) is 12.7. The molecule has 4 heteroatoms. The first-order valence-electron chi connectivity index (χ1n) is 7.46. The molecule has 0 amide bonds. The van der Waals surface area contributed by atoms with Gasteiger partial charge in [-0.1, -0.05) is 19.1 Å². The molecule has 1 aromatic heterocycles. The predicted molar refractivity (Wildman–Crippen MR) is 82.6 cm³/mol. The molecule has 0 bridgehead atoms. The number of ether oxygens (including phenoxy) is 2. The van der Waals surface area contributed by atoms with Gasteiger partial charge in [-0.3, -0.25) is 0 Å². The van der Waals surface area contributed by atoms with Gasteiger partial charge >= 0.3 is 0 Å². The molecule has 1 heterocycles. The molecule has 21 heavy (non-hydrogen) atoms. The summed E-state index contributed by atoms with van der Waals surface area (Å²) in [6, 6.07) is 11.6. The average molecular weight is 289 g/mol. The van der Waals surface area contributed by atoms with E-state index in [2.05, 4.69) is 12.2 Å². The smallest absolute Gasteiger partial charge is 0.161 e. The van der Waals surface area contributed by atoms with E-state index in [0.717, 1.165) is 42.5 Å². The van der Waals surface area contributed by atoms with E-state index >= 15 is 0 Å². The van der Waals surface area contributed by atoms with Crippen LogP contribution in [0.3, 0.4) is 0 Å². The number of hydrogen-bond acceptors (Lipinski definition) is 4. The summed E-state index contributed by atoms with van der Waals surface area (Å²) >= 11 is 0. The lowest BCUT2D eigenvalue weighted by atomic mass is 10.3. The fraction of sp³-hybridized carbons (Fsp3) is 0.412. The van der Waals surface area contributed by atoms with E-state index in [4.69, 9.17) is 13.9 Å². The lowest BCUT2D eigenvalue weighted by molar-refractivity contribution is 0.244. The van der Waals surface area contributed by atoms with Crippen molar-refractivity contribution in [2.75, 3.05) is 13.2 Å². The van der Waals surface area contributed by atoms with Crippen LogP contribution in [0, 0.1) is 0 Å². The van der Waals surface area contributed by atoms with Crippen molar-refractivity contribution in [1.29, 1.82) is 0 Å². The minimum Gasteiger partial charge on any atom is -0.490 e. The molecule has 0 aliphatic heterocycles. The summed E-state index contributed by atoms with van der Waals surface area (Å²) in [5.41, 5.74) is 0. The van der Waals surface area contributed by atoms with Crippen molar-refractivity contribution in [3.05, 3.63) is 47.9 Å². The van der Waals surface area contributed by atoms with Crippen LogP contribution in [0.2, 0.25) is 0 Å². The Labute approximate surface area is 126 Å². The number of furan rings is 1. The normalized spacial score (nSPS) is 10.6. The molecule has 1 N–H and O–H groups in total. The van der Waals surface area contributed by atoms with Crippen LogP contribution in [0.15, 0.2) is 40.8 Å². The lowest BCUT2D eigenvalue weighted by Crippen LogP contribution is -2.13. The third kappa shape index (κ3) is 4.83. The Bertz CT molecular complexity index is 536. The summed E-state index contributed by atoms with van der Waals surface area (Å²) in [6.45, 7) is 6.87. The summed E-state index contributed by atoms with van der Waals surface area (Å²) < 4.78 is 17.0. The van der Waals surface area contributed by atoms with E-state index in [-0.39, 0.29) is 0 Å². The quantitative estimate of drug-likeness (QED) is 0.714. The maximum absolute atomic E-state index is 5.78. The highest BCUT2D eigenvalue weighted by Gasteiger charge is 2.06. The van der Waals surface area contributed by atoms with E-state index in [0.29, 0.717) is 13.2 Å². The van der Waals surface area contributed by atoms with E-state index in [1.165, 1.54) is 0 Å². The molecule has 1 aromatic carbocycles. The van der Waals surface area contributed by atoms with Gasteiger partial charge in [-0.25, -0.2) is 0 Å². The first kappa shape index (κ1) is 15.4. The highest BCUT2D eigenvalue weighted by Crippen LogP contribution is 2.27. The van der Waals surface area contributed by atoms with E-state index in [9.17, 15) is 0 Å². The van der Waals surface area contributed by atoms with Crippen molar-refractivity contribution in [3.8, 4) is 11.5 Å². The van der Waals surface area contributed by atoms with Crippen LogP contribution in [-0.2, 0) is 13.2 Å². The third-order valence-corrected chi connectivity index (χ3v) is 2.96. The highest BCUT2D eigenvalue weighted by atomic mass is 16.5. The van der Waals surface area contributed by atoms with Gasteiger partial charge < -0.3 is 19.2 Å². The van der Waals surface area contributed by atoms with Gasteiger partial charge in [0.15, 0.2) is 11.5 Å². The Morgan fingerprint density at radius 3 is 2.38 bits per heavy atom. The van der Waals surface area contributed by atoms with Crippen molar-refractivity contribution in [2.24, 2.45) is 0 Å². The van der Waals surface area contributed by atoms with Crippen molar-refractivity contribution in [3.63, 3.8) is 0 Å².